The van der Waals surface area contributed by atoms with Gasteiger partial charge in [-0.3, -0.25) is 4.79 Å². The fraction of sp³-hybridized carbons (Fsp3) is 0.500. The maximum Gasteiger partial charge on any atom is 0.518 e. The van der Waals surface area contributed by atoms with Gasteiger partial charge in [-0.15, -0.1) is 0 Å². The minimum atomic E-state index is -0.903. The first-order chi connectivity index (χ1) is 6.68. The molecule has 0 aliphatic carbocycles. The highest BCUT2D eigenvalue weighted by Gasteiger charge is 2.01. The van der Waals surface area contributed by atoms with Crippen LogP contribution in [0.2, 0.25) is 0 Å². The Balaban J connectivity index is 2.10. The van der Waals surface area contributed by atoms with Crippen molar-refractivity contribution in [3.05, 3.63) is 22.6 Å². The van der Waals surface area contributed by atoms with Crippen LogP contribution in [-0.4, -0.2) is 24.3 Å². The molecule has 1 rings (SSSR count). The van der Waals surface area contributed by atoms with Gasteiger partial charge in [0.15, 0.2) is 0 Å². The average Bonchev–Trinajstić information content (AvgIpc) is 2.50. The number of ether oxygens (including phenoxy) is 1. The van der Waals surface area contributed by atoms with Crippen LogP contribution in [0.5, 0.6) is 0 Å². The molecule has 0 amide bonds. The molecule has 1 N–H and O–H groups in total. The van der Waals surface area contributed by atoms with E-state index in [1.165, 1.54) is 6.26 Å². The maximum absolute atomic E-state index is 10.4. The van der Waals surface area contributed by atoms with Crippen LogP contribution >= 0.6 is 0 Å². The van der Waals surface area contributed by atoms with E-state index in [0.717, 1.165) is 0 Å². The van der Waals surface area contributed by atoms with E-state index < -0.39 is 11.8 Å². The Labute approximate surface area is 79.1 Å². The second-order valence-electron chi connectivity index (χ2n) is 2.56. The smallest absolute Gasteiger partial charge is 0.481 e. The van der Waals surface area contributed by atoms with Gasteiger partial charge in [0, 0.05) is 6.42 Å². The molecule has 1 aromatic heterocycles. The molecule has 0 spiro atoms. The molecule has 0 bridgehead atoms. The lowest BCUT2D eigenvalue weighted by Crippen LogP contribution is -2.05. The van der Waals surface area contributed by atoms with Crippen molar-refractivity contribution >= 4 is 5.97 Å². The van der Waals surface area contributed by atoms with Gasteiger partial charge in [-0.25, -0.2) is 4.79 Å². The first-order valence-corrected chi connectivity index (χ1v) is 4.05. The highest BCUT2D eigenvalue weighted by Crippen LogP contribution is 1.96. The first kappa shape index (κ1) is 10.5. The zero-order valence-corrected chi connectivity index (χ0v) is 7.39. The molecule has 6 nitrogen and oxygen atoms in total. The number of carboxylic acid groups (broad SMARTS) is 1. The van der Waals surface area contributed by atoms with Crippen molar-refractivity contribution < 1.29 is 23.5 Å². The highest BCUT2D eigenvalue weighted by molar-refractivity contribution is 5.66. The third-order valence-electron chi connectivity index (χ3n) is 1.45. The predicted molar refractivity (Wildman–Crippen MR) is 44.0 cm³/mol. The van der Waals surface area contributed by atoms with Crippen LogP contribution in [0.15, 0.2) is 19.9 Å². The zero-order chi connectivity index (χ0) is 10.4. The monoisotopic (exact) mass is 202 g/mol. The normalized spacial score (nSPS) is 10.3. The number of hydrogen-bond acceptors (Lipinski definition) is 5. The minimum absolute atomic E-state index is 0.0324. The molecular formula is C8H10O6. The Hall–Kier alpha value is -1.56. The van der Waals surface area contributed by atoms with Crippen molar-refractivity contribution in [2.75, 3.05) is 13.2 Å². The van der Waals surface area contributed by atoms with Crippen molar-refractivity contribution in [1.29, 1.82) is 0 Å². The number of rotatable bonds is 6. The van der Waals surface area contributed by atoms with Crippen molar-refractivity contribution in [1.82, 2.24) is 0 Å². The van der Waals surface area contributed by atoms with E-state index in [0.29, 0.717) is 18.8 Å². The summed E-state index contributed by atoms with van der Waals surface area (Å²) in [5.41, 5.74) is 0. The summed E-state index contributed by atoms with van der Waals surface area (Å²) in [4.78, 5) is 20.5. The summed E-state index contributed by atoms with van der Waals surface area (Å²) in [6, 6.07) is 0. The van der Waals surface area contributed by atoms with Crippen molar-refractivity contribution in [2.45, 2.75) is 12.8 Å². The Morgan fingerprint density at radius 1 is 1.50 bits per heavy atom. The van der Waals surface area contributed by atoms with Crippen molar-refractivity contribution in [3.63, 3.8) is 0 Å². The zero-order valence-electron chi connectivity index (χ0n) is 7.39. The van der Waals surface area contributed by atoms with Gasteiger partial charge in [0.2, 0.25) is 0 Å². The van der Waals surface area contributed by atoms with E-state index in [2.05, 4.69) is 8.83 Å². The van der Waals surface area contributed by atoms with Gasteiger partial charge >= 0.3 is 11.8 Å². The van der Waals surface area contributed by atoms with Gasteiger partial charge in [0.05, 0.1) is 19.6 Å². The van der Waals surface area contributed by atoms with Crippen molar-refractivity contribution in [2.24, 2.45) is 0 Å². The largest absolute Gasteiger partial charge is 0.518 e. The molecule has 0 radical (unpaired) electrons. The van der Waals surface area contributed by atoms with E-state index in [9.17, 15) is 9.59 Å². The molecular weight excluding hydrogens is 192 g/mol. The van der Waals surface area contributed by atoms with Gasteiger partial charge in [0.25, 0.3) is 0 Å². The molecule has 0 aromatic carbocycles. The van der Waals surface area contributed by atoms with E-state index >= 15 is 0 Å². The summed E-state index contributed by atoms with van der Waals surface area (Å²) >= 11 is 0. The van der Waals surface area contributed by atoms with Crippen LogP contribution in [0.1, 0.15) is 12.2 Å². The van der Waals surface area contributed by atoms with Gasteiger partial charge in [-0.05, 0) is 0 Å². The lowest BCUT2D eigenvalue weighted by molar-refractivity contribution is -0.138. The van der Waals surface area contributed by atoms with Gasteiger partial charge in [-0.1, -0.05) is 0 Å². The topological polar surface area (TPSA) is 89.9 Å². The molecule has 0 aliphatic heterocycles. The highest BCUT2D eigenvalue weighted by atomic mass is 16.6. The third kappa shape index (κ3) is 3.90. The second-order valence-corrected chi connectivity index (χ2v) is 2.56. The van der Waals surface area contributed by atoms with E-state index in [-0.39, 0.29) is 13.0 Å². The lowest BCUT2D eigenvalue weighted by atomic mass is 10.4. The summed E-state index contributed by atoms with van der Waals surface area (Å²) in [7, 11) is 0. The molecule has 0 aliphatic rings. The first-order valence-electron chi connectivity index (χ1n) is 4.05. The molecule has 0 saturated carbocycles. The van der Waals surface area contributed by atoms with Crippen LogP contribution in [0.4, 0.5) is 0 Å². The Kier molecular flexibility index (Phi) is 3.93. The minimum Gasteiger partial charge on any atom is -0.481 e. The Bertz CT molecular complexity index is 336. The standard InChI is InChI=1S/C8H10O6/c9-7(10)2-4-12-3-1-6-5-13-8(11)14-6/h5H,1-4H2,(H,9,10). The van der Waals surface area contributed by atoms with Gasteiger partial charge in [0.1, 0.15) is 12.0 Å². The van der Waals surface area contributed by atoms with Crippen LogP contribution in [-0.2, 0) is 16.0 Å². The molecule has 6 heteroatoms. The summed E-state index contributed by atoms with van der Waals surface area (Å²) < 4.78 is 14.0. The molecule has 1 aromatic rings. The predicted octanol–water partition coefficient (Wildman–Crippen LogP) is 0.267. The Morgan fingerprint density at radius 3 is 2.86 bits per heavy atom. The Morgan fingerprint density at radius 2 is 2.29 bits per heavy atom. The maximum atomic E-state index is 10.4. The number of carbonyl (C=O) groups is 1. The quantitative estimate of drug-likeness (QED) is 0.665. The SMILES string of the molecule is O=C(O)CCOCCc1coc(=O)o1. The molecule has 78 valence electrons. The van der Waals surface area contributed by atoms with Gasteiger partial charge < -0.3 is 18.7 Å². The van der Waals surface area contributed by atoms with E-state index in [1.54, 1.807) is 0 Å². The molecule has 0 fully saturated rings. The van der Waals surface area contributed by atoms with Crippen LogP contribution < -0.4 is 5.82 Å². The van der Waals surface area contributed by atoms with Crippen LogP contribution in [0, 0.1) is 0 Å². The second kappa shape index (κ2) is 5.23. The average molecular weight is 202 g/mol. The summed E-state index contributed by atoms with van der Waals surface area (Å²) in [6.07, 6.45) is 1.57. The molecule has 14 heavy (non-hydrogen) atoms. The van der Waals surface area contributed by atoms with E-state index in [4.69, 9.17) is 9.84 Å². The molecule has 0 unspecified atom stereocenters. The summed E-state index contributed by atoms with van der Waals surface area (Å²) in [6.45, 7) is 0.452. The number of carboxylic acids is 1. The summed E-state index contributed by atoms with van der Waals surface area (Å²) in [5.74, 6) is -1.25. The lowest BCUT2D eigenvalue weighted by Gasteiger charge is -1.98. The fourth-order valence-electron chi connectivity index (χ4n) is 0.813. The molecule has 0 saturated heterocycles. The number of aliphatic carboxylic acids is 1. The van der Waals surface area contributed by atoms with Crippen molar-refractivity contribution in [3.8, 4) is 0 Å². The molecule has 0 atom stereocenters. The van der Waals surface area contributed by atoms with Crippen LogP contribution in [0.3, 0.4) is 0 Å². The fourth-order valence-corrected chi connectivity index (χ4v) is 0.813. The number of hydrogen-bond donors (Lipinski definition) is 1. The van der Waals surface area contributed by atoms with E-state index in [1.807, 2.05) is 0 Å². The summed E-state index contributed by atoms with van der Waals surface area (Å²) in [5, 5.41) is 8.28. The van der Waals surface area contributed by atoms with Gasteiger partial charge in [-0.2, -0.15) is 0 Å². The van der Waals surface area contributed by atoms with Crippen LogP contribution in [0.25, 0.3) is 0 Å². The third-order valence-corrected chi connectivity index (χ3v) is 1.45. The molecule has 1 heterocycles.